The van der Waals surface area contributed by atoms with Gasteiger partial charge in [-0.05, 0) is 30.3 Å². The van der Waals surface area contributed by atoms with Gasteiger partial charge in [-0.25, -0.2) is 4.98 Å². The van der Waals surface area contributed by atoms with Crippen molar-refractivity contribution in [3.8, 4) is 0 Å². The van der Waals surface area contributed by atoms with Crippen molar-refractivity contribution in [1.82, 2.24) is 9.97 Å². The molecule has 0 amide bonds. The van der Waals surface area contributed by atoms with E-state index in [1.165, 1.54) is 11.8 Å². The van der Waals surface area contributed by atoms with Crippen molar-refractivity contribution < 1.29 is 0 Å². The number of anilines is 1. The van der Waals surface area contributed by atoms with Crippen molar-refractivity contribution in [2.75, 3.05) is 5.73 Å². The van der Waals surface area contributed by atoms with Crippen LogP contribution in [0, 0.1) is 0 Å². The lowest BCUT2D eigenvalue weighted by Gasteiger charge is -2.09. The summed E-state index contributed by atoms with van der Waals surface area (Å²) in [5.74, 6) is 0. The summed E-state index contributed by atoms with van der Waals surface area (Å²) in [6.45, 7) is 0. The normalized spacial score (nSPS) is 10.9. The molecular weight excluding hydrogens is 358 g/mol. The predicted octanol–water partition coefficient (Wildman–Crippen LogP) is 4.78. The highest BCUT2D eigenvalue weighted by molar-refractivity contribution is 9.10. The molecule has 6 heteroatoms. The van der Waals surface area contributed by atoms with E-state index in [1.807, 2.05) is 24.3 Å². The number of pyridine rings is 2. The SMILES string of the molecule is Nc1cnc2ccc(Br)cc2c1Sc1ncccc1Cl. The maximum absolute atomic E-state index is 6.16. The van der Waals surface area contributed by atoms with Crippen LogP contribution in [0.4, 0.5) is 5.69 Å². The van der Waals surface area contributed by atoms with E-state index in [4.69, 9.17) is 17.3 Å². The van der Waals surface area contributed by atoms with Crippen LogP contribution in [0.3, 0.4) is 0 Å². The number of benzene rings is 1. The van der Waals surface area contributed by atoms with E-state index in [-0.39, 0.29) is 0 Å². The zero-order valence-electron chi connectivity index (χ0n) is 10.2. The highest BCUT2D eigenvalue weighted by Gasteiger charge is 2.11. The van der Waals surface area contributed by atoms with Crippen molar-refractivity contribution in [2.45, 2.75) is 9.92 Å². The monoisotopic (exact) mass is 365 g/mol. The lowest BCUT2D eigenvalue weighted by molar-refractivity contribution is 1.13. The number of hydrogen-bond donors (Lipinski definition) is 1. The molecule has 3 rings (SSSR count). The van der Waals surface area contributed by atoms with Gasteiger partial charge in [0, 0.05) is 21.0 Å². The van der Waals surface area contributed by atoms with Gasteiger partial charge >= 0.3 is 0 Å². The summed E-state index contributed by atoms with van der Waals surface area (Å²) in [6.07, 6.45) is 3.37. The molecule has 2 N–H and O–H groups in total. The first-order chi connectivity index (χ1) is 9.65. The highest BCUT2D eigenvalue weighted by Crippen LogP contribution is 2.39. The van der Waals surface area contributed by atoms with E-state index in [1.54, 1.807) is 18.5 Å². The van der Waals surface area contributed by atoms with Gasteiger partial charge in [-0.2, -0.15) is 0 Å². The molecule has 0 bridgehead atoms. The Morgan fingerprint density at radius 1 is 1.20 bits per heavy atom. The van der Waals surface area contributed by atoms with Gasteiger partial charge in [0.2, 0.25) is 0 Å². The Morgan fingerprint density at radius 2 is 2.05 bits per heavy atom. The minimum absolute atomic E-state index is 0.608. The third-order valence-corrected chi connectivity index (χ3v) is 4.82. The van der Waals surface area contributed by atoms with Crippen molar-refractivity contribution >= 4 is 55.9 Å². The molecule has 1 aromatic carbocycles. The van der Waals surface area contributed by atoms with Crippen LogP contribution >= 0.6 is 39.3 Å². The van der Waals surface area contributed by atoms with Gasteiger partial charge < -0.3 is 5.73 Å². The molecule has 3 nitrogen and oxygen atoms in total. The van der Waals surface area contributed by atoms with Gasteiger partial charge in [0.1, 0.15) is 5.03 Å². The molecule has 0 aliphatic heterocycles. The standard InChI is InChI=1S/C14H9BrClN3S/c15-8-3-4-12-9(6-8)13(11(17)7-19-12)20-14-10(16)2-1-5-18-14/h1-7H,17H2. The number of aromatic nitrogens is 2. The van der Waals surface area contributed by atoms with E-state index in [9.17, 15) is 0 Å². The average molecular weight is 367 g/mol. The van der Waals surface area contributed by atoms with Gasteiger partial charge in [-0.1, -0.05) is 39.3 Å². The zero-order valence-corrected chi connectivity index (χ0v) is 13.3. The molecule has 0 saturated carbocycles. The van der Waals surface area contributed by atoms with E-state index in [2.05, 4.69) is 25.9 Å². The van der Waals surface area contributed by atoms with Crippen LogP contribution in [0.1, 0.15) is 0 Å². The first-order valence-corrected chi connectivity index (χ1v) is 7.76. The Kier molecular flexibility index (Phi) is 3.83. The number of rotatable bonds is 2. The van der Waals surface area contributed by atoms with Gasteiger partial charge in [-0.3, -0.25) is 4.98 Å². The van der Waals surface area contributed by atoms with Gasteiger partial charge in [0.25, 0.3) is 0 Å². The molecule has 0 unspecified atom stereocenters. The molecule has 0 spiro atoms. The Bertz CT molecular complexity index is 789. The molecule has 0 aliphatic carbocycles. The maximum Gasteiger partial charge on any atom is 0.119 e. The number of fused-ring (bicyclic) bond motifs is 1. The Labute approximate surface area is 133 Å². The molecule has 100 valence electrons. The summed E-state index contributed by atoms with van der Waals surface area (Å²) >= 11 is 11.1. The van der Waals surface area contributed by atoms with E-state index < -0.39 is 0 Å². The first kappa shape index (κ1) is 13.7. The molecule has 2 heterocycles. The van der Waals surface area contributed by atoms with Crippen LogP contribution in [0.5, 0.6) is 0 Å². The Balaban J connectivity index is 2.17. The summed E-state index contributed by atoms with van der Waals surface area (Å²) in [5.41, 5.74) is 7.56. The number of halogens is 2. The quantitative estimate of drug-likeness (QED) is 0.709. The number of hydrogen-bond acceptors (Lipinski definition) is 4. The fraction of sp³-hybridized carbons (Fsp3) is 0. The lowest BCUT2D eigenvalue weighted by Crippen LogP contribution is -1.93. The number of nitrogen functional groups attached to an aromatic ring is 1. The summed E-state index contributed by atoms with van der Waals surface area (Å²) in [6, 6.07) is 9.51. The molecule has 2 aromatic heterocycles. The summed E-state index contributed by atoms with van der Waals surface area (Å²) in [4.78, 5) is 9.54. The number of nitrogens with zero attached hydrogens (tertiary/aromatic N) is 2. The van der Waals surface area contributed by atoms with Gasteiger partial charge in [0.05, 0.1) is 22.4 Å². The molecule has 0 atom stereocenters. The van der Waals surface area contributed by atoms with Crippen LogP contribution in [0.2, 0.25) is 5.02 Å². The minimum Gasteiger partial charge on any atom is -0.397 e. The zero-order chi connectivity index (χ0) is 14.1. The summed E-state index contributed by atoms with van der Waals surface area (Å²) < 4.78 is 0.978. The van der Waals surface area contributed by atoms with Crippen LogP contribution < -0.4 is 5.73 Å². The van der Waals surface area contributed by atoms with Crippen molar-refractivity contribution in [3.05, 3.63) is 52.2 Å². The van der Waals surface area contributed by atoms with E-state index in [0.717, 1.165) is 25.3 Å². The summed E-state index contributed by atoms with van der Waals surface area (Å²) in [5, 5.41) is 2.32. The molecule has 0 saturated heterocycles. The van der Waals surface area contributed by atoms with E-state index in [0.29, 0.717) is 10.7 Å². The van der Waals surface area contributed by atoms with Crippen LogP contribution in [0.25, 0.3) is 10.9 Å². The molecule has 3 aromatic rings. The fourth-order valence-corrected chi connectivity index (χ4v) is 3.33. The smallest absolute Gasteiger partial charge is 0.119 e. The predicted molar refractivity (Wildman–Crippen MR) is 87.2 cm³/mol. The maximum atomic E-state index is 6.16. The third kappa shape index (κ3) is 2.61. The molecular formula is C14H9BrClN3S. The van der Waals surface area contributed by atoms with Crippen molar-refractivity contribution in [2.24, 2.45) is 0 Å². The lowest BCUT2D eigenvalue weighted by atomic mass is 10.2. The summed E-state index contributed by atoms with van der Waals surface area (Å²) in [7, 11) is 0. The Hall–Kier alpha value is -1.30. The van der Waals surface area contributed by atoms with E-state index >= 15 is 0 Å². The van der Waals surface area contributed by atoms with Gasteiger partial charge in [-0.15, -0.1) is 0 Å². The first-order valence-electron chi connectivity index (χ1n) is 5.77. The van der Waals surface area contributed by atoms with Crippen molar-refractivity contribution in [3.63, 3.8) is 0 Å². The number of nitrogens with two attached hydrogens (primary N) is 1. The second kappa shape index (κ2) is 5.60. The Morgan fingerprint density at radius 3 is 2.85 bits per heavy atom. The van der Waals surface area contributed by atoms with Crippen LogP contribution in [-0.4, -0.2) is 9.97 Å². The minimum atomic E-state index is 0.608. The largest absolute Gasteiger partial charge is 0.397 e. The second-order valence-corrected chi connectivity index (χ2v) is 6.42. The third-order valence-electron chi connectivity index (χ3n) is 2.73. The molecule has 0 aliphatic rings. The topological polar surface area (TPSA) is 51.8 Å². The molecule has 0 radical (unpaired) electrons. The molecule has 0 fully saturated rings. The van der Waals surface area contributed by atoms with Crippen LogP contribution in [-0.2, 0) is 0 Å². The van der Waals surface area contributed by atoms with Gasteiger partial charge in [0.15, 0.2) is 0 Å². The fourth-order valence-electron chi connectivity index (χ4n) is 1.81. The van der Waals surface area contributed by atoms with Crippen molar-refractivity contribution in [1.29, 1.82) is 0 Å². The highest BCUT2D eigenvalue weighted by atomic mass is 79.9. The second-order valence-electron chi connectivity index (χ2n) is 4.10. The van der Waals surface area contributed by atoms with Crippen LogP contribution in [0.15, 0.2) is 57.1 Å². The average Bonchev–Trinajstić information content (AvgIpc) is 2.44. The molecule has 20 heavy (non-hydrogen) atoms.